The van der Waals surface area contributed by atoms with E-state index >= 15 is 0 Å². The Morgan fingerprint density at radius 3 is 2.70 bits per heavy atom. The van der Waals surface area contributed by atoms with E-state index in [-0.39, 0.29) is 11.6 Å². The lowest BCUT2D eigenvalue weighted by Crippen LogP contribution is -2.29. The number of nitrogens with zero attached hydrogens (tertiary/aromatic N) is 2. The van der Waals surface area contributed by atoms with Gasteiger partial charge in [-0.05, 0) is 18.2 Å². The van der Waals surface area contributed by atoms with Crippen molar-refractivity contribution in [1.29, 1.82) is 0 Å². The lowest BCUT2D eigenvalue weighted by atomic mass is 10.1. The number of nitrogens with two attached hydrogens (primary N) is 1. The molecule has 0 bridgehead atoms. The van der Waals surface area contributed by atoms with Gasteiger partial charge in [0.25, 0.3) is 5.91 Å². The third kappa shape index (κ3) is 3.45. The summed E-state index contributed by atoms with van der Waals surface area (Å²) in [6.45, 7) is 0.765. The lowest BCUT2D eigenvalue weighted by molar-refractivity contribution is 0.0949. The largest absolute Gasteiger partial charge is 0.349 e. The molecule has 7 heteroatoms. The molecule has 1 aromatic carbocycles. The highest BCUT2D eigenvalue weighted by atomic mass is 35.5. The number of halogens is 2. The molecule has 5 nitrogen and oxygen atoms in total. The van der Waals surface area contributed by atoms with Crippen molar-refractivity contribution in [1.82, 2.24) is 15.3 Å². The first-order chi connectivity index (χ1) is 9.61. The molecule has 3 N–H and O–H groups in total. The molecule has 2 aromatic rings. The van der Waals surface area contributed by atoms with E-state index in [0.29, 0.717) is 28.8 Å². The highest BCUT2D eigenvalue weighted by molar-refractivity contribution is 6.42. The molecule has 20 heavy (non-hydrogen) atoms. The van der Waals surface area contributed by atoms with Gasteiger partial charge in [-0.2, -0.15) is 0 Å². The fourth-order valence-electron chi connectivity index (χ4n) is 1.57. The van der Waals surface area contributed by atoms with Crippen LogP contribution in [0.3, 0.4) is 0 Å². The number of amides is 1. The Bertz CT molecular complexity index is 634. The minimum Gasteiger partial charge on any atom is -0.349 e. The summed E-state index contributed by atoms with van der Waals surface area (Å²) in [6.07, 6.45) is 1.33. The Morgan fingerprint density at radius 1 is 1.20 bits per heavy atom. The van der Waals surface area contributed by atoms with Gasteiger partial charge in [0.2, 0.25) is 0 Å². The van der Waals surface area contributed by atoms with Crippen molar-refractivity contribution in [2.24, 2.45) is 5.73 Å². The van der Waals surface area contributed by atoms with Crippen LogP contribution in [0.2, 0.25) is 10.0 Å². The summed E-state index contributed by atoms with van der Waals surface area (Å²) in [5.41, 5.74) is 6.96. The van der Waals surface area contributed by atoms with Crippen LogP contribution in [0.1, 0.15) is 10.5 Å². The smallest absolute Gasteiger partial charge is 0.270 e. The summed E-state index contributed by atoms with van der Waals surface area (Å²) in [5.74, 6) is -0.292. The number of hydrogen-bond acceptors (Lipinski definition) is 4. The van der Waals surface area contributed by atoms with Crippen LogP contribution in [-0.2, 0) is 0 Å². The van der Waals surface area contributed by atoms with E-state index in [1.807, 2.05) is 0 Å². The molecule has 0 atom stereocenters. The van der Waals surface area contributed by atoms with Crippen LogP contribution < -0.4 is 11.1 Å². The van der Waals surface area contributed by atoms with E-state index in [9.17, 15) is 4.79 Å². The van der Waals surface area contributed by atoms with Crippen molar-refractivity contribution in [3.63, 3.8) is 0 Å². The first-order valence-electron chi connectivity index (χ1n) is 5.87. The van der Waals surface area contributed by atoms with Crippen LogP contribution in [0.5, 0.6) is 0 Å². The molecule has 0 aliphatic carbocycles. The SMILES string of the molecule is NCCNC(=O)c1cc(-c2ccc(Cl)c(Cl)c2)ncn1. The summed E-state index contributed by atoms with van der Waals surface area (Å²) in [4.78, 5) is 19.9. The quantitative estimate of drug-likeness (QED) is 0.906. The third-order valence-corrected chi connectivity index (χ3v) is 3.28. The first kappa shape index (κ1) is 14.7. The summed E-state index contributed by atoms with van der Waals surface area (Å²) in [7, 11) is 0. The average molecular weight is 311 g/mol. The Morgan fingerprint density at radius 2 is 2.00 bits per heavy atom. The van der Waals surface area contributed by atoms with Crippen molar-refractivity contribution in [3.05, 3.63) is 46.3 Å². The molecule has 0 fully saturated rings. The third-order valence-electron chi connectivity index (χ3n) is 2.54. The van der Waals surface area contributed by atoms with Gasteiger partial charge in [0.15, 0.2) is 0 Å². The van der Waals surface area contributed by atoms with Gasteiger partial charge in [0, 0.05) is 18.7 Å². The van der Waals surface area contributed by atoms with Gasteiger partial charge >= 0.3 is 0 Å². The Kier molecular flexibility index (Phi) is 4.89. The molecule has 0 unspecified atom stereocenters. The maximum absolute atomic E-state index is 11.8. The second kappa shape index (κ2) is 6.65. The van der Waals surface area contributed by atoms with Gasteiger partial charge in [-0.15, -0.1) is 0 Å². The number of nitrogens with one attached hydrogen (secondary N) is 1. The molecule has 0 aliphatic heterocycles. The maximum Gasteiger partial charge on any atom is 0.270 e. The van der Waals surface area contributed by atoms with Crippen LogP contribution in [0.25, 0.3) is 11.3 Å². The van der Waals surface area contributed by atoms with E-state index in [0.717, 1.165) is 5.56 Å². The van der Waals surface area contributed by atoms with E-state index in [1.165, 1.54) is 6.33 Å². The average Bonchev–Trinajstić information content (AvgIpc) is 2.47. The lowest BCUT2D eigenvalue weighted by Gasteiger charge is -2.05. The van der Waals surface area contributed by atoms with Gasteiger partial charge < -0.3 is 11.1 Å². The second-order valence-electron chi connectivity index (χ2n) is 3.96. The maximum atomic E-state index is 11.8. The van der Waals surface area contributed by atoms with Gasteiger partial charge in [0.05, 0.1) is 15.7 Å². The predicted octanol–water partition coefficient (Wildman–Crippen LogP) is 2.14. The van der Waals surface area contributed by atoms with Crippen LogP contribution in [0.15, 0.2) is 30.6 Å². The molecule has 0 spiro atoms. The standard InChI is InChI=1S/C13H12Cl2N4O/c14-9-2-1-8(5-10(9)15)11-6-12(19-7-18-11)13(20)17-4-3-16/h1-2,5-7H,3-4,16H2,(H,17,20). The molecule has 104 valence electrons. The van der Waals surface area contributed by atoms with Crippen molar-refractivity contribution in [2.75, 3.05) is 13.1 Å². The molecule has 1 aromatic heterocycles. The molecule has 0 saturated carbocycles. The molecule has 0 saturated heterocycles. The molecule has 0 radical (unpaired) electrons. The van der Waals surface area contributed by atoms with Gasteiger partial charge in [-0.3, -0.25) is 4.79 Å². The highest BCUT2D eigenvalue weighted by Gasteiger charge is 2.10. The number of hydrogen-bond donors (Lipinski definition) is 2. The minimum atomic E-state index is -0.292. The molecular formula is C13H12Cl2N4O. The summed E-state index contributed by atoms with van der Waals surface area (Å²) in [6, 6.07) is 6.73. The second-order valence-corrected chi connectivity index (χ2v) is 4.78. The van der Waals surface area contributed by atoms with Crippen molar-refractivity contribution < 1.29 is 4.79 Å². The van der Waals surface area contributed by atoms with Crippen molar-refractivity contribution in [2.45, 2.75) is 0 Å². The molecular weight excluding hydrogens is 299 g/mol. The van der Waals surface area contributed by atoms with E-state index in [2.05, 4.69) is 15.3 Å². The number of carbonyl (C=O) groups excluding carboxylic acids is 1. The monoisotopic (exact) mass is 310 g/mol. The van der Waals surface area contributed by atoms with E-state index in [4.69, 9.17) is 28.9 Å². The number of aromatic nitrogens is 2. The zero-order valence-electron chi connectivity index (χ0n) is 10.4. The summed E-state index contributed by atoms with van der Waals surface area (Å²) < 4.78 is 0. The Hall–Kier alpha value is -1.69. The molecule has 1 amide bonds. The topological polar surface area (TPSA) is 80.9 Å². The fourth-order valence-corrected chi connectivity index (χ4v) is 1.87. The fraction of sp³-hybridized carbons (Fsp3) is 0.154. The van der Waals surface area contributed by atoms with Crippen LogP contribution in [-0.4, -0.2) is 29.0 Å². The summed E-state index contributed by atoms with van der Waals surface area (Å²) in [5, 5.41) is 3.54. The predicted molar refractivity (Wildman–Crippen MR) is 78.9 cm³/mol. The molecule has 0 aliphatic rings. The van der Waals surface area contributed by atoms with Crippen LogP contribution >= 0.6 is 23.2 Å². The van der Waals surface area contributed by atoms with Crippen LogP contribution in [0.4, 0.5) is 0 Å². The van der Waals surface area contributed by atoms with Crippen molar-refractivity contribution >= 4 is 29.1 Å². The summed E-state index contributed by atoms with van der Waals surface area (Å²) >= 11 is 11.8. The number of benzene rings is 1. The Labute approximate surface area is 126 Å². The highest BCUT2D eigenvalue weighted by Crippen LogP contribution is 2.27. The Balaban J connectivity index is 2.29. The number of rotatable bonds is 4. The van der Waals surface area contributed by atoms with E-state index < -0.39 is 0 Å². The number of carbonyl (C=O) groups is 1. The first-order valence-corrected chi connectivity index (χ1v) is 6.63. The van der Waals surface area contributed by atoms with Crippen LogP contribution in [0, 0.1) is 0 Å². The molecule has 2 rings (SSSR count). The van der Waals surface area contributed by atoms with Gasteiger partial charge in [0.1, 0.15) is 12.0 Å². The zero-order chi connectivity index (χ0) is 14.5. The molecule has 1 heterocycles. The zero-order valence-corrected chi connectivity index (χ0v) is 11.9. The van der Waals surface area contributed by atoms with Gasteiger partial charge in [-0.1, -0.05) is 29.3 Å². The minimum absolute atomic E-state index is 0.273. The van der Waals surface area contributed by atoms with Gasteiger partial charge in [-0.25, -0.2) is 9.97 Å². The normalized spacial score (nSPS) is 10.3. The van der Waals surface area contributed by atoms with Crippen molar-refractivity contribution in [3.8, 4) is 11.3 Å². The van der Waals surface area contributed by atoms with E-state index in [1.54, 1.807) is 24.3 Å².